The quantitative estimate of drug-likeness (QED) is 0.234. The minimum absolute atomic E-state index is 0.0524. The number of rotatable bonds is 7. The van der Waals surface area contributed by atoms with E-state index >= 15 is 0 Å². The molecule has 1 heterocycles. The Morgan fingerprint density at radius 2 is 1.62 bits per heavy atom. The van der Waals surface area contributed by atoms with Gasteiger partial charge in [-0.25, -0.2) is 0 Å². The third kappa shape index (κ3) is 3.86. The summed E-state index contributed by atoms with van der Waals surface area (Å²) in [5.74, 6) is 0.0524. The highest BCUT2D eigenvalue weighted by molar-refractivity contribution is 6.33. The van der Waals surface area contributed by atoms with Crippen LogP contribution in [0.25, 0.3) is 22.0 Å². The van der Waals surface area contributed by atoms with Gasteiger partial charge in [0.15, 0.2) is 0 Å². The summed E-state index contributed by atoms with van der Waals surface area (Å²) in [6.07, 6.45) is 3.29. The average Bonchev–Trinajstić information content (AvgIpc) is 3.17. The summed E-state index contributed by atoms with van der Waals surface area (Å²) in [6.45, 7) is 2.99. The maximum atomic E-state index is 13.6. The zero-order valence-corrected chi connectivity index (χ0v) is 17.3. The predicted molar refractivity (Wildman–Crippen MR) is 122 cm³/mol. The van der Waals surface area contributed by atoms with Crippen molar-refractivity contribution in [3.05, 3.63) is 95.1 Å². The third-order valence-corrected chi connectivity index (χ3v) is 5.71. The summed E-state index contributed by atoms with van der Waals surface area (Å²) >= 11 is 6.48. The van der Waals surface area contributed by atoms with Crippen molar-refractivity contribution in [2.45, 2.75) is 32.7 Å². The molecule has 4 aromatic rings. The molecule has 0 atom stereocenters. The van der Waals surface area contributed by atoms with Crippen LogP contribution in [0.15, 0.2) is 78.9 Å². The van der Waals surface area contributed by atoms with Crippen molar-refractivity contribution in [1.82, 2.24) is 4.57 Å². The molecular weight excluding hydrogens is 378 g/mol. The molecule has 0 bridgehead atoms. The first-order valence-electron chi connectivity index (χ1n) is 10.2. The van der Waals surface area contributed by atoms with Crippen LogP contribution in [0.3, 0.4) is 0 Å². The second-order valence-electron chi connectivity index (χ2n) is 7.30. The van der Waals surface area contributed by atoms with E-state index in [0.29, 0.717) is 10.7 Å². The van der Waals surface area contributed by atoms with E-state index in [1.54, 1.807) is 0 Å². The number of nitrogens with zero attached hydrogens (tertiary/aromatic N) is 1. The van der Waals surface area contributed by atoms with Gasteiger partial charge in [0.25, 0.3) is 0 Å². The van der Waals surface area contributed by atoms with Crippen molar-refractivity contribution < 1.29 is 4.79 Å². The van der Waals surface area contributed by atoms with Crippen molar-refractivity contribution >= 4 is 28.2 Å². The van der Waals surface area contributed by atoms with E-state index in [9.17, 15) is 4.79 Å². The minimum atomic E-state index is 0.0524. The van der Waals surface area contributed by atoms with Gasteiger partial charge in [0, 0.05) is 22.7 Å². The van der Waals surface area contributed by atoms with Gasteiger partial charge in [0.1, 0.15) is 0 Å². The standard InChI is InChI=1S/C26H24ClNO/c1-2-3-8-18-28-24(22-13-6-7-15-23(22)27)16-17-25(28)26(29)21-14-9-11-19-10-4-5-12-20(19)21/h4-7,9-17H,2-3,8,18H2,1H3. The van der Waals surface area contributed by atoms with Gasteiger partial charge >= 0.3 is 0 Å². The lowest BCUT2D eigenvalue weighted by Crippen LogP contribution is -2.12. The largest absolute Gasteiger partial charge is 0.338 e. The first-order valence-corrected chi connectivity index (χ1v) is 10.6. The molecule has 0 aliphatic rings. The molecule has 0 saturated heterocycles. The molecule has 0 amide bonds. The predicted octanol–water partition coefficient (Wildman–Crippen LogP) is 7.38. The molecule has 0 unspecified atom stereocenters. The molecule has 2 nitrogen and oxygen atoms in total. The number of carbonyl (C=O) groups excluding carboxylic acids is 1. The monoisotopic (exact) mass is 401 g/mol. The molecule has 0 saturated carbocycles. The number of ketones is 1. The molecule has 3 heteroatoms. The number of benzene rings is 3. The minimum Gasteiger partial charge on any atom is -0.338 e. The van der Waals surface area contributed by atoms with Crippen LogP contribution in [0.5, 0.6) is 0 Å². The van der Waals surface area contributed by atoms with Gasteiger partial charge in [-0.1, -0.05) is 92.0 Å². The molecule has 0 spiro atoms. The Kier molecular flexibility index (Phi) is 5.82. The average molecular weight is 402 g/mol. The summed E-state index contributed by atoms with van der Waals surface area (Å²) in [5, 5.41) is 2.76. The highest BCUT2D eigenvalue weighted by atomic mass is 35.5. The van der Waals surface area contributed by atoms with Crippen molar-refractivity contribution in [3.8, 4) is 11.3 Å². The molecular formula is C26H24ClNO. The summed E-state index contributed by atoms with van der Waals surface area (Å²) in [4.78, 5) is 13.6. The Morgan fingerprint density at radius 3 is 2.45 bits per heavy atom. The van der Waals surface area contributed by atoms with Gasteiger partial charge in [-0.15, -0.1) is 0 Å². The number of carbonyl (C=O) groups is 1. The van der Waals surface area contributed by atoms with Gasteiger partial charge in [0.2, 0.25) is 5.78 Å². The fourth-order valence-corrected chi connectivity index (χ4v) is 4.12. The second kappa shape index (κ2) is 8.67. The number of halogens is 1. The molecule has 0 aliphatic carbocycles. The first-order chi connectivity index (χ1) is 14.2. The highest BCUT2D eigenvalue weighted by Gasteiger charge is 2.20. The van der Waals surface area contributed by atoms with Gasteiger partial charge in [-0.05, 0) is 35.4 Å². The summed E-state index contributed by atoms with van der Waals surface area (Å²) in [5.41, 5.74) is 3.41. The van der Waals surface area contributed by atoms with E-state index in [4.69, 9.17) is 11.6 Å². The fourth-order valence-electron chi connectivity index (χ4n) is 3.89. The van der Waals surface area contributed by atoms with Crippen LogP contribution in [-0.2, 0) is 6.54 Å². The van der Waals surface area contributed by atoms with Crippen LogP contribution in [-0.4, -0.2) is 10.4 Å². The van der Waals surface area contributed by atoms with Gasteiger partial charge < -0.3 is 4.57 Å². The van der Waals surface area contributed by atoms with E-state index in [1.165, 1.54) is 0 Å². The smallest absolute Gasteiger partial charge is 0.210 e. The van der Waals surface area contributed by atoms with Gasteiger partial charge in [0.05, 0.1) is 11.4 Å². The Balaban J connectivity index is 1.82. The molecule has 0 aliphatic heterocycles. The van der Waals surface area contributed by atoms with Crippen molar-refractivity contribution in [2.75, 3.05) is 0 Å². The van der Waals surface area contributed by atoms with Crippen LogP contribution >= 0.6 is 11.6 Å². The molecule has 3 aromatic carbocycles. The Labute approximate surface area is 176 Å². The van der Waals surface area contributed by atoms with E-state index in [-0.39, 0.29) is 5.78 Å². The Hall–Kier alpha value is -2.84. The van der Waals surface area contributed by atoms with Crippen molar-refractivity contribution in [1.29, 1.82) is 0 Å². The molecule has 0 fully saturated rings. The van der Waals surface area contributed by atoms with E-state index in [0.717, 1.165) is 53.4 Å². The Morgan fingerprint density at radius 1 is 0.862 bits per heavy atom. The van der Waals surface area contributed by atoms with Gasteiger partial charge in [-0.2, -0.15) is 0 Å². The second-order valence-corrected chi connectivity index (χ2v) is 7.71. The summed E-state index contributed by atoms with van der Waals surface area (Å²) < 4.78 is 2.14. The normalized spacial score (nSPS) is 11.1. The number of hydrogen-bond donors (Lipinski definition) is 0. The van der Waals surface area contributed by atoms with Crippen LogP contribution in [0.4, 0.5) is 0 Å². The van der Waals surface area contributed by atoms with Gasteiger partial charge in [-0.3, -0.25) is 4.79 Å². The molecule has 0 radical (unpaired) electrons. The molecule has 0 N–H and O–H groups in total. The van der Waals surface area contributed by atoms with Crippen molar-refractivity contribution in [3.63, 3.8) is 0 Å². The number of hydrogen-bond acceptors (Lipinski definition) is 1. The van der Waals surface area contributed by atoms with Crippen molar-refractivity contribution in [2.24, 2.45) is 0 Å². The SMILES string of the molecule is CCCCCn1c(C(=O)c2cccc3ccccc23)ccc1-c1ccccc1Cl. The van der Waals surface area contributed by atoms with E-state index in [1.807, 2.05) is 78.9 Å². The van der Waals surface area contributed by atoms with Crippen LogP contribution < -0.4 is 0 Å². The van der Waals surface area contributed by atoms with E-state index < -0.39 is 0 Å². The lowest BCUT2D eigenvalue weighted by atomic mass is 10.00. The maximum absolute atomic E-state index is 13.6. The third-order valence-electron chi connectivity index (χ3n) is 5.38. The van der Waals surface area contributed by atoms with E-state index in [2.05, 4.69) is 11.5 Å². The lowest BCUT2D eigenvalue weighted by molar-refractivity contribution is 0.103. The zero-order valence-electron chi connectivity index (χ0n) is 16.6. The lowest BCUT2D eigenvalue weighted by Gasteiger charge is -2.15. The van der Waals surface area contributed by atoms with Crippen LogP contribution in [0.1, 0.15) is 42.2 Å². The molecule has 29 heavy (non-hydrogen) atoms. The Bertz CT molecular complexity index is 1150. The van der Waals surface area contributed by atoms with Crippen LogP contribution in [0.2, 0.25) is 5.02 Å². The molecule has 146 valence electrons. The zero-order chi connectivity index (χ0) is 20.2. The molecule has 4 rings (SSSR count). The molecule has 1 aromatic heterocycles. The van der Waals surface area contributed by atoms with Crippen LogP contribution in [0, 0.1) is 0 Å². The number of aromatic nitrogens is 1. The fraction of sp³-hybridized carbons (Fsp3) is 0.192. The number of unbranched alkanes of at least 4 members (excludes halogenated alkanes) is 2. The summed E-state index contributed by atoms with van der Waals surface area (Å²) in [6, 6.07) is 25.7. The number of fused-ring (bicyclic) bond motifs is 1. The topological polar surface area (TPSA) is 22.0 Å². The maximum Gasteiger partial charge on any atom is 0.210 e. The highest BCUT2D eigenvalue weighted by Crippen LogP contribution is 2.31. The summed E-state index contributed by atoms with van der Waals surface area (Å²) in [7, 11) is 0. The first kappa shape index (κ1) is 19.5.